The summed E-state index contributed by atoms with van der Waals surface area (Å²) in [7, 11) is 0. The second-order valence-corrected chi connectivity index (χ2v) is 4.88. The number of nitrogens with one attached hydrogen (secondary N) is 2. The average Bonchev–Trinajstić information content (AvgIpc) is 3.15. The number of H-pyrrole nitrogens is 2. The molecule has 104 valence electrons. The molecule has 8 nitrogen and oxygen atoms in total. The van der Waals surface area contributed by atoms with Crippen LogP contribution >= 0.6 is 0 Å². The highest BCUT2D eigenvalue weighted by Crippen LogP contribution is 2.59. The van der Waals surface area contributed by atoms with Gasteiger partial charge in [-0.05, 0) is 12.8 Å². The number of aromatic nitrogens is 3. The van der Waals surface area contributed by atoms with Gasteiger partial charge in [-0.1, -0.05) is 12.8 Å². The van der Waals surface area contributed by atoms with E-state index < -0.39 is 17.1 Å². The van der Waals surface area contributed by atoms with Crippen LogP contribution in [0.4, 0.5) is 0 Å². The maximum Gasteiger partial charge on any atom is 0.333 e. The molecule has 3 rings (SSSR count). The van der Waals surface area contributed by atoms with Gasteiger partial charge in [0.25, 0.3) is 0 Å². The molecule has 8 heteroatoms. The van der Waals surface area contributed by atoms with Crippen molar-refractivity contribution in [1.29, 1.82) is 0 Å². The summed E-state index contributed by atoms with van der Waals surface area (Å²) in [4.78, 5) is 37.7. The van der Waals surface area contributed by atoms with Crippen LogP contribution in [0.5, 0.6) is 0 Å². The molecule has 19 heavy (non-hydrogen) atoms. The molecule has 0 unspecified atom stereocenters. The van der Waals surface area contributed by atoms with Crippen molar-refractivity contribution >= 4 is 0 Å². The number of hydrogen-bond acceptors (Lipinski definition) is 5. The third kappa shape index (κ3) is 2.54. The fourth-order valence-corrected chi connectivity index (χ4v) is 2.19. The minimum atomic E-state index is -0.770. The lowest BCUT2D eigenvalue weighted by Crippen LogP contribution is -2.43. The van der Waals surface area contributed by atoms with Crippen LogP contribution in [-0.4, -0.2) is 26.6 Å². The lowest BCUT2D eigenvalue weighted by atomic mass is 10.1. The molecule has 0 aromatic carbocycles. The molecule has 1 aromatic heterocycles. The minimum Gasteiger partial charge on any atom is -0.310 e. The van der Waals surface area contributed by atoms with Crippen LogP contribution in [0.25, 0.3) is 0 Å². The molecule has 0 spiro atoms. The number of nitrogens with zero attached hydrogens (tertiary/aromatic N) is 1. The van der Waals surface area contributed by atoms with Gasteiger partial charge >= 0.3 is 17.1 Å². The van der Waals surface area contributed by atoms with E-state index in [4.69, 9.17) is 9.47 Å². The molecule has 3 heterocycles. The zero-order valence-electron chi connectivity index (χ0n) is 10.3. The van der Waals surface area contributed by atoms with Crippen LogP contribution in [0.15, 0.2) is 14.4 Å². The third-order valence-corrected chi connectivity index (χ3v) is 3.45. The van der Waals surface area contributed by atoms with Crippen molar-refractivity contribution in [2.75, 3.05) is 0 Å². The van der Waals surface area contributed by atoms with Crippen molar-refractivity contribution in [3.05, 3.63) is 31.5 Å². The summed E-state index contributed by atoms with van der Waals surface area (Å²) in [5.41, 5.74) is -2.09. The first-order valence-corrected chi connectivity index (χ1v) is 6.40. The summed E-state index contributed by atoms with van der Waals surface area (Å²) in [5.74, 6) is -0.229. The summed E-state index contributed by atoms with van der Waals surface area (Å²) in [6.45, 7) is 0.311. The highest BCUT2D eigenvalue weighted by Gasteiger charge is 2.76. The van der Waals surface area contributed by atoms with Gasteiger partial charge in [0.15, 0.2) is 0 Å². The van der Waals surface area contributed by atoms with E-state index in [0.29, 0.717) is 13.0 Å². The second-order valence-electron chi connectivity index (χ2n) is 4.88. The maximum absolute atomic E-state index is 11.4. The Balaban J connectivity index is 1.40. The van der Waals surface area contributed by atoms with Crippen LogP contribution in [0.1, 0.15) is 32.1 Å². The number of fused-ring (bicyclic) bond motifs is 1. The molecular formula is C11H15N3O5. The minimum absolute atomic E-state index is 0.0609. The Bertz CT molecular complexity index is 602. The summed E-state index contributed by atoms with van der Waals surface area (Å²) in [6, 6.07) is 0. The van der Waals surface area contributed by atoms with E-state index in [1.807, 2.05) is 9.97 Å². The van der Waals surface area contributed by atoms with Gasteiger partial charge in [0.1, 0.15) is 0 Å². The van der Waals surface area contributed by atoms with Crippen molar-refractivity contribution < 1.29 is 9.47 Å². The van der Waals surface area contributed by atoms with Crippen LogP contribution < -0.4 is 17.1 Å². The first-order valence-electron chi connectivity index (χ1n) is 6.40. The van der Waals surface area contributed by atoms with Gasteiger partial charge < -0.3 is 9.47 Å². The molecule has 1 aromatic rings. The van der Waals surface area contributed by atoms with Gasteiger partial charge in [0, 0.05) is 13.0 Å². The number of epoxide rings is 2. The molecule has 0 atom stereocenters. The highest BCUT2D eigenvalue weighted by atomic mass is 17.0. The van der Waals surface area contributed by atoms with Crippen molar-refractivity contribution in [3.63, 3.8) is 0 Å². The first-order chi connectivity index (χ1) is 9.11. The van der Waals surface area contributed by atoms with E-state index in [-0.39, 0.29) is 12.1 Å². The monoisotopic (exact) mass is 269 g/mol. The standard InChI is InChI=1S/C11H15N3O5/c15-8-12-9(16)14(10(17)13-8)6-4-2-1-3-5-11-7(18-11)19-11/h7H,1-6H2,(H2,12,13,15,16,17). The zero-order chi connectivity index (χ0) is 13.5. The SMILES string of the molecule is O=c1[nH]c(=O)n(CCCCCCC23OC2O3)c(=O)[nH]1. The fourth-order valence-electron chi connectivity index (χ4n) is 2.19. The van der Waals surface area contributed by atoms with Crippen molar-refractivity contribution in [2.24, 2.45) is 0 Å². The van der Waals surface area contributed by atoms with Gasteiger partial charge in [-0.15, -0.1) is 0 Å². The number of hydrogen-bond donors (Lipinski definition) is 2. The fraction of sp³-hybridized carbons (Fsp3) is 0.727. The van der Waals surface area contributed by atoms with Gasteiger partial charge in [0.05, 0.1) is 0 Å². The number of unbranched alkanes of at least 4 members (excludes halogenated alkanes) is 3. The average molecular weight is 269 g/mol. The molecule has 2 N–H and O–H groups in total. The largest absolute Gasteiger partial charge is 0.333 e. The summed E-state index contributed by atoms with van der Waals surface area (Å²) < 4.78 is 11.3. The highest BCUT2D eigenvalue weighted by molar-refractivity contribution is 5.02. The molecule has 0 bridgehead atoms. The molecule has 0 saturated carbocycles. The maximum atomic E-state index is 11.4. The summed E-state index contributed by atoms with van der Waals surface area (Å²) in [5, 5.41) is 0. The van der Waals surface area contributed by atoms with Crippen LogP contribution in [-0.2, 0) is 16.0 Å². The van der Waals surface area contributed by atoms with E-state index in [2.05, 4.69) is 0 Å². The van der Waals surface area contributed by atoms with Gasteiger partial charge in [-0.25, -0.2) is 19.0 Å². The Kier molecular flexibility index (Phi) is 2.90. The Labute approximate surface area is 107 Å². The van der Waals surface area contributed by atoms with Crippen molar-refractivity contribution in [2.45, 2.75) is 50.7 Å². The van der Waals surface area contributed by atoms with E-state index in [9.17, 15) is 14.4 Å². The third-order valence-electron chi connectivity index (χ3n) is 3.45. The Morgan fingerprint density at radius 2 is 1.58 bits per heavy atom. The topological polar surface area (TPSA) is 113 Å². The quantitative estimate of drug-likeness (QED) is 0.500. The Morgan fingerprint density at radius 3 is 2.16 bits per heavy atom. The van der Waals surface area contributed by atoms with Crippen molar-refractivity contribution in [1.82, 2.24) is 14.5 Å². The Morgan fingerprint density at radius 1 is 1.00 bits per heavy atom. The normalized spacial score (nSPS) is 27.1. The summed E-state index contributed by atoms with van der Waals surface area (Å²) in [6.07, 6.45) is 4.60. The van der Waals surface area contributed by atoms with Crippen LogP contribution in [0.2, 0.25) is 0 Å². The molecule has 0 radical (unpaired) electrons. The molecule has 2 saturated heterocycles. The summed E-state index contributed by atoms with van der Waals surface area (Å²) >= 11 is 0. The lowest BCUT2D eigenvalue weighted by Gasteiger charge is -2.03. The molecule has 2 aliphatic rings. The molecule has 2 aliphatic heterocycles. The number of ether oxygens (including phenoxy) is 2. The molecule has 2 fully saturated rings. The smallest absolute Gasteiger partial charge is 0.310 e. The second kappa shape index (κ2) is 4.46. The molecule has 0 aliphatic carbocycles. The Hall–Kier alpha value is -1.67. The van der Waals surface area contributed by atoms with Crippen LogP contribution in [0.3, 0.4) is 0 Å². The first kappa shape index (κ1) is 12.4. The van der Waals surface area contributed by atoms with Crippen molar-refractivity contribution in [3.8, 4) is 0 Å². The van der Waals surface area contributed by atoms with Gasteiger partial charge in [-0.3, -0.25) is 9.97 Å². The predicted octanol–water partition coefficient (Wildman–Crippen LogP) is -0.742. The van der Waals surface area contributed by atoms with Gasteiger partial charge in [0.2, 0.25) is 12.1 Å². The van der Waals surface area contributed by atoms with E-state index in [0.717, 1.165) is 30.3 Å². The zero-order valence-corrected chi connectivity index (χ0v) is 10.3. The molecular weight excluding hydrogens is 254 g/mol. The van der Waals surface area contributed by atoms with E-state index >= 15 is 0 Å². The van der Waals surface area contributed by atoms with Crippen LogP contribution in [0, 0.1) is 0 Å². The molecule has 0 amide bonds. The lowest BCUT2D eigenvalue weighted by molar-refractivity contribution is -0.0542. The number of rotatable bonds is 7. The number of aromatic amines is 2. The van der Waals surface area contributed by atoms with Gasteiger partial charge in [-0.2, -0.15) is 0 Å². The van der Waals surface area contributed by atoms with E-state index in [1.54, 1.807) is 0 Å². The predicted molar refractivity (Wildman–Crippen MR) is 63.7 cm³/mol. The van der Waals surface area contributed by atoms with E-state index in [1.165, 1.54) is 0 Å².